The smallest absolute Gasteiger partial charge is 0.343 e. The number of hydrogen-bond acceptors (Lipinski definition) is 9. The summed E-state index contributed by atoms with van der Waals surface area (Å²) in [7, 11) is 1.29. The number of carbonyl (C=O) groups is 2. The first-order chi connectivity index (χ1) is 21.7. The normalized spacial score (nSPS) is 17.1. The molecule has 0 spiro atoms. The average molecular weight is 636 g/mol. The molecule has 1 aliphatic carbocycles. The molecule has 5 rings (SSSR count). The van der Waals surface area contributed by atoms with E-state index < -0.39 is 18.0 Å². The summed E-state index contributed by atoms with van der Waals surface area (Å²) in [6.45, 7) is 9.79. The Morgan fingerprint density at radius 1 is 1.00 bits per heavy atom. The Bertz CT molecular complexity index is 1810. The predicted octanol–water partition coefficient (Wildman–Crippen LogP) is 4.67. The number of benzene rings is 1. The number of aromatic nitrogens is 2. The van der Waals surface area contributed by atoms with Crippen LogP contribution in [0.4, 0.5) is 0 Å². The Morgan fingerprint density at radius 3 is 2.44 bits per heavy atom. The van der Waals surface area contributed by atoms with Crippen molar-refractivity contribution in [1.29, 1.82) is 0 Å². The monoisotopic (exact) mass is 635 g/mol. The Morgan fingerprint density at radius 2 is 1.76 bits per heavy atom. The topological polar surface area (TPSA) is 110 Å². The van der Waals surface area contributed by atoms with E-state index in [4.69, 9.17) is 23.9 Å². The molecule has 2 aromatic heterocycles. The minimum absolute atomic E-state index is 0.174. The van der Waals surface area contributed by atoms with E-state index in [9.17, 15) is 14.4 Å². The number of hydrogen-bond donors (Lipinski definition) is 0. The van der Waals surface area contributed by atoms with Crippen LogP contribution in [-0.2, 0) is 19.1 Å². The van der Waals surface area contributed by atoms with Crippen LogP contribution >= 0.6 is 11.3 Å². The molecule has 0 bridgehead atoms. The standard InChI is InChI=1S/C34H41N3O7S/c1-7-42-27-17-23(14-15-26(27)44-19-29(38)41-6)31-30(33(40)43-8-2)21(4)35-34-37(31)32(39)28(45-34)18-24-16-20(3)36(22(24)5)25-12-10-9-11-13-25/h14-18,25,31H,7-13,19H2,1-6H3/b28-18-/t31-/m1/s1. The average Bonchev–Trinajstić information content (AvgIpc) is 3.49. The Kier molecular flexibility index (Phi) is 9.96. The van der Waals surface area contributed by atoms with Crippen molar-refractivity contribution in [2.24, 2.45) is 4.99 Å². The molecule has 0 radical (unpaired) electrons. The lowest BCUT2D eigenvalue weighted by Gasteiger charge is -2.26. The third kappa shape index (κ3) is 6.49. The van der Waals surface area contributed by atoms with Crippen LogP contribution in [0.5, 0.6) is 11.5 Å². The first kappa shape index (κ1) is 32.3. The van der Waals surface area contributed by atoms with Gasteiger partial charge in [-0.3, -0.25) is 9.36 Å². The highest BCUT2D eigenvalue weighted by atomic mass is 32.1. The molecule has 240 valence electrons. The number of ether oxygens (including phenoxy) is 4. The lowest BCUT2D eigenvalue weighted by atomic mass is 9.95. The van der Waals surface area contributed by atoms with Crippen LogP contribution < -0.4 is 24.4 Å². The summed E-state index contributed by atoms with van der Waals surface area (Å²) < 4.78 is 26.2. The highest BCUT2D eigenvalue weighted by Gasteiger charge is 2.34. The largest absolute Gasteiger partial charge is 0.490 e. The van der Waals surface area contributed by atoms with Crippen molar-refractivity contribution in [2.75, 3.05) is 26.9 Å². The van der Waals surface area contributed by atoms with Crippen LogP contribution in [0.2, 0.25) is 0 Å². The fourth-order valence-electron chi connectivity index (χ4n) is 6.38. The van der Waals surface area contributed by atoms with Crippen molar-refractivity contribution in [2.45, 2.75) is 78.8 Å². The van der Waals surface area contributed by atoms with E-state index in [-0.39, 0.29) is 24.3 Å². The Labute approximate surface area is 266 Å². The van der Waals surface area contributed by atoms with E-state index in [1.54, 1.807) is 36.6 Å². The minimum atomic E-state index is -0.814. The minimum Gasteiger partial charge on any atom is -0.490 e. The molecule has 3 aromatic rings. The van der Waals surface area contributed by atoms with E-state index >= 15 is 0 Å². The fourth-order valence-corrected chi connectivity index (χ4v) is 7.41. The van der Waals surface area contributed by atoms with Gasteiger partial charge in [-0.25, -0.2) is 14.6 Å². The molecule has 0 amide bonds. The number of fused-ring (bicyclic) bond motifs is 1. The lowest BCUT2D eigenvalue weighted by molar-refractivity contribution is -0.143. The number of methoxy groups -OCH3 is 1. The van der Waals surface area contributed by atoms with Gasteiger partial charge in [0.15, 0.2) is 22.9 Å². The maximum absolute atomic E-state index is 14.2. The molecular weight excluding hydrogens is 594 g/mol. The maximum Gasteiger partial charge on any atom is 0.343 e. The van der Waals surface area contributed by atoms with Gasteiger partial charge < -0.3 is 23.5 Å². The van der Waals surface area contributed by atoms with Crippen LogP contribution in [0, 0.1) is 13.8 Å². The summed E-state index contributed by atoms with van der Waals surface area (Å²) in [5.41, 5.74) is 4.47. The van der Waals surface area contributed by atoms with E-state index in [0.29, 0.717) is 44.7 Å². The molecule has 1 saturated carbocycles. The van der Waals surface area contributed by atoms with Gasteiger partial charge in [-0.1, -0.05) is 36.7 Å². The quantitative estimate of drug-likeness (QED) is 0.298. The van der Waals surface area contributed by atoms with Crippen LogP contribution in [0.25, 0.3) is 6.08 Å². The molecule has 0 unspecified atom stereocenters. The van der Waals surface area contributed by atoms with Gasteiger partial charge in [-0.2, -0.15) is 0 Å². The summed E-state index contributed by atoms with van der Waals surface area (Å²) in [6.07, 6.45) is 8.05. The van der Waals surface area contributed by atoms with Crippen LogP contribution in [0.1, 0.15) is 87.5 Å². The van der Waals surface area contributed by atoms with Crippen molar-refractivity contribution in [1.82, 2.24) is 9.13 Å². The number of allylic oxidation sites excluding steroid dienone is 1. The molecule has 1 atom stereocenters. The third-order valence-corrected chi connectivity index (χ3v) is 9.41. The second-order valence-electron chi connectivity index (χ2n) is 11.3. The summed E-state index contributed by atoms with van der Waals surface area (Å²) in [6, 6.07) is 6.97. The van der Waals surface area contributed by atoms with Crippen LogP contribution in [0.15, 0.2) is 45.3 Å². The van der Waals surface area contributed by atoms with Gasteiger partial charge in [0, 0.05) is 17.4 Å². The number of carbonyl (C=O) groups excluding carboxylic acids is 2. The molecular formula is C34H41N3O7S. The zero-order chi connectivity index (χ0) is 32.2. The fraction of sp³-hybridized carbons (Fsp3) is 0.471. The molecule has 0 saturated heterocycles. The van der Waals surface area contributed by atoms with Crippen LogP contribution in [0.3, 0.4) is 0 Å². The summed E-state index contributed by atoms with van der Waals surface area (Å²) in [5, 5.41) is 0. The van der Waals surface area contributed by atoms with Gasteiger partial charge in [0.1, 0.15) is 0 Å². The van der Waals surface area contributed by atoms with Crippen molar-refractivity contribution in [3.8, 4) is 11.5 Å². The molecule has 45 heavy (non-hydrogen) atoms. The zero-order valence-electron chi connectivity index (χ0n) is 26.8. The second kappa shape index (κ2) is 13.9. The summed E-state index contributed by atoms with van der Waals surface area (Å²) in [4.78, 5) is 44.5. The number of thiazole rings is 1. The van der Waals surface area contributed by atoms with Gasteiger partial charge in [0.2, 0.25) is 0 Å². The molecule has 1 aliphatic heterocycles. The SMILES string of the molecule is CCOC(=O)C1=C(C)N=c2s/c(=C\c3cc(C)n(C4CCCCC4)c3C)c(=O)n2[C@@H]1c1ccc(OCC(=O)OC)c(OCC)c1. The molecule has 11 heteroatoms. The molecule has 1 fully saturated rings. The van der Waals surface area contributed by atoms with Gasteiger partial charge in [-0.05, 0) is 82.9 Å². The number of rotatable bonds is 10. The molecule has 1 aromatic carbocycles. The highest BCUT2D eigenvalue weighted by molar-refractivity contribution is 7.07. The number of aryl methyl sites for hydroxylation is 1. The van der Waals surface area contributed by atoms with Crippen molar-refractivity contribution < 1.29 is 28.5 Å². The van der Waals surface area contributed by atoms with Gasteiger partial charge in [0.05, 0.1) is 42.2 Å². The second-order valence-corrected chi connectivity index (χ2v) is 12.3. The number of nitrogens with zero attached hydrogens (tertiary/aromatic N) is 3. The van der Waals surface area contributed by atoms with Gasteiger partial charge in [0.25, 0.3) is 5.56 Å². The highest BCUT2D eigenvalue weighted by Crippen LogP contribution is 2.37. The molecule has 2 aliphatic rings. The zero-order valence-corrected chi connectivity index (χ0v) is 27.6. The maximum atomic E-state index is 14.2. The van der Waals surface area contributed by atoms with E-state index in [2.05, 4.69) is 24.5 Å². The lowest BCUT2D eigenvalue weighted by Crippen LogP contribution is -2.40. The van der Waals surface area contributed by atoms with Crippen molar-refractivity contribution in [3.05, 3.63) is 77.7 Å². The van der Waals surface area contributed by atoms with Gasteiger partial charge in [-0.15, -0.1) is 0 Å². The first-order valence-electron chi connectivity index (χ1n) is 15.5. The summed E-state index contributed by atoms with van der Waals surface area (Å²) in [5.74, 6) is -0.367. The van der Waals surface area contributed by atoms with Crippen LogP contribution in [-0.4, -0.2) is 48.0 Å². The third-order valence-electron chi connectivity index (χ3n) is 8.42. The number of esters is 2. The van der Waals surface area contributed by atoms with E-state index in [1.165, 1.54) is 56.2 Å². The summed E-state index contributed by atoms with van der Waals surface area (Å²) >= 11 is 1.30. The van der Waals surface area contributed by atoms with E-state index in [1.807, 2.05) is 13.0 Å². The predicted molar refractivity (Wildman–Crippen MR) is 172 cm³/mol. The molecule has 0 N–H and O–H groups in total. The van der Waals surface area contributed by atoms with E-state index in [0.717, 1.165) is 11.3 Å². The molecule has 10 nitrogen and oxygen atoms in total. The van der Waals surface area contributed by atoms with Crippen molar-refractivity contribution >= 4 is 29.4 Å². The van der Waals surface area contributed by atoms with Gasteiger partial charge >= 0.3 is 11.9 Å². The molecule has 3 heterocycles. The Hall–Kier alpha value is -4.12. The first-order valence-corrected chi connectivity index (χ1v) is 16.3. The van der Waals surface area contributed by atoms with Crippen molar-refractivity contribution in [3.63, 3.8) is 0 Å². The Balaban J connectivity index is 1.64.